The topological polar surface area (TPSA) is 160 Å². The summed E-state index contributed by atoms with van der Waals surface area (Å²) in [6.45, 7) is 0. The van der Waals surface area contributed by atoms with Crippen molar-refractivity contribution < 1.29 is 8.42 Å². The third kappa shape index (κ3) is 6.49. The van der Waals surface area contributed by atoms with Crippen molar-refractivity contribution in [3.8, 4) is 0 Å². The van der Waals surface area contributed by atoms with Gasteiger partial charge in [0.05, 0.1) is 6.33 Å². The van der Waals surface area contributed by atoms with Gasteiger partial charge >= 0.3 is 10.2 Å². The van der Waals surface area contributed by atoms with Crippen LogP contribution < -0.4 is 0 Å². The van der Waals surface area contributed by atoms with Gasteiger partial charge in [-0.25, -0.2) is 13.4 Å². The molecule has 0 saturated heterocycles. The highest BCUT2D eigenvalue weighted by Crippen LogP contribution is 1.92. The molecular weight excluding hydrogens is 212 g/mol. The second-order valence-electron chi connectivity index (χ2n) is 1.55. The van der Waals surface area contributed by atoms with Crippen LogP contribution in [-0.4, -0.2) is 18.4 Å². The predicted molar refractivity (Wildman–Crippen MR) is 45.8 cm³/mol. The van der Waals surface area contributed by atoms with Crippen LogP contribution in [0, 0.1) is 0 Å². The van der Waals surface area contributed by atoms with E-state index in [0.717, 1.165) is 0 Å². The van der Waals surface area contributed by atoms with E-state index in [1.165, 1.54) is 0 Å². The Morgan fingerprint density at radius 1 is 1.29 bits per heavy atom. The van der Waals surface area contributed by atoms with Crippen molar-refractivity contribution in [2.75, 3.05) is 0 Å². The lowest BCUT2D eigenvalue weighted by Gasteiger charge is -1.73. The Morgan fingerprint density at radius 3 is 2.07 bits per heavy atom. The molecular formula is C3H4N8O2S. The van der Waals surface area contributed by atoms with E-state index in [0.29, 0.717) is 0 Å². The predicted octanol–water partition coefficient (Wildman–Crippen LogP) is 1.26. The summed E-state index contributed by atoms with van der Waals surface area (Å²) in [4.78, 5) is 10.2. The van der Waals surface area contributed by atoms with Crippen molar-refractivity contribution in [3.05, 3.63) is 39.6 Å². The Labute approximate surface area is 78.0 Å². The van der Waals surface area contributed by atoms with Crippen LogP contribution >= 0.6 is 0 Å². The first-order chi connectivity index (χ1) is 6.62. The van der Waals surface area contributed by atoms with Gasteiger partial charge in [-0.1, -0.05) is 0 Å². The van der Waals surface area contributed by atoms with Crippen molar-refractivity contribution in [1.82, 2.24) is 9.97 Å². The number of rotatable bonds is 2. The highest BCUT2D eigenvalue weighted by atomic mass is 32.2. The van der Waals surface area contributed by atoms with Gasteiger partial charge in [0.1, 0.15) is 0 Å². The average Bonchev–Trinajstić information content (AvgIpc) is 2.59. The van der Waals surface area contributed by atoms with E-state index in [2.05, 4.69) is 19.0 Å². The third-order valence-electron chi connectivity index (χ3n) is 0.685. The minimum atomic E-state index is -4.27. The molecule has 0 radical (unpaired) electrons. The van der Waals surface area contributed by atoms with Gasteiger partial charge in [0.25, 0.3) is 0 Å². The quantitative estimate of drug-likeness (QED) is 0.448. The summed E-state index contributed by atoms with van der Waals surface area (Å²) in [5.41, 5.74) is 15.0. The first-order valence-electron chi connectivity index (χ1n) is 2.93. The van der Waals surface area contributed by atoms with Gasteiger partial charge in [0, 0.05) is 31.3 Å². The summed E-state index contributed by atoms with van der Waals surface area (Å²) in [5, 5.41) is 0. The van der Waals surface area contributed by atoms with Crippen LogP contribution in [0.1, 0.15) is 0 Å². The van der Waals surface area contributed by atoms with Gasteiger partial charge in [0.2, 0.25) is 0 Å². The molecule has 11 heteroatoms. The maximum atomic E-state index is 9.99. The number of aromatic amines is 1. The SMILES string of the molecule is [N-]=[N+]=NS(=O)(=O)N=[N+]=[N-].c1c[nH]cn1. The molecule has 0 atom stereocenters. The standard InChI is InChI=1S/C3H4N2.N6O2S/c1-2-5-3-4-1;1-3-5-9(7,8)6-4-2/h1-3H,(H,4,5);. The summed E-state index contributed by atoms with van der Waals surface area (Å²) >= 11 is 0. The van der Waals surface area contributed by atoms with E-state index in [9.17, 15) is 8.42 Å². The Balaban J connectivity index is 0.000000280. The van der Waals surface area contributed by atoms with Crippen molar-refractivity contribution >= 4 is 10.2 Å². The molecule has 0 aliphatic rings. The highest BCUT2D eigenvalue weighted by Gasteiger charge is 1.99. The van der Waals surface area contributed by atoms with Crippen LogP contribution in [-0.2, 0) is 10.2 Å². The monoisotopic (exact) mass is 216 g/mol. The molecule has 0 aliphatic carbocycles. The minimum absolute atomic E-state index is 1.62. The fourth-order valence-electron chi connectivity index (χ4n) is 0.324. The molecule has 0 aliphatic heterocycles. The first-order valence-corrected chi connectivity index (χ1v) is 4.32. The van der Waals surface area contributed by atoms with Crippen molar-refractivity contribution in [2.45, 2.75) is 0 Å². The van der Waals surface area contributed by atoms with E-state index >= 15 is 0 Å². The number of H-pyrrole nitrogens is 1. The average molecular weight is 216 g/mol. The summed E-state index contributed by atoms with van der Waals surface area (Å²) < 4.78 is 24.3. The molecule has 0 amide bonds. The summed E-state index contributed by atoms with van der Waals surface area (Å²) in [7, 11) is -4.27. The number of hydrogen-bond donors (Lipinski definition) is 1. The van der Waals surface area contributed by atoms with Gasteiger partial charge in [0.15, 0.2) is 0 Å². The van der Waals surface area contributed by atoms with Crippen molar-refractivity contribution in [2.24, 2.45) is 9.04 Å². The van der Waals surface area contributed by atoms with Gasteiger partial charge in [-0.15, -0.1) is 0 Å². The summed E-state index contributed by atoms with van der Waals surface area (Å²) in [6.07, 6.45) is 5.08. The maximum absolute atomic E-state index is 9.99. The van der Waals surface area contributed by atoms with Crippen LogP contribution in [0.25, 0.3) is 20.9 Å². The van der Waals surface area contributed by atoms with E-state index < -0.39 is 10.2 Å². The van der Waals surface area contributed by atoms with Gasteiger partial charge < -0.3 is 4.98 Å². The highest BCUT2D eigenvalue weighted by molar-refractivity contribution is 7.88. The minimum Gasteiger partial charge on any atom is -0.351 e. The lowest BCUT2D eigenvalue weighted by atomic mass is 11.0. The van der Waals surface area contributed by atoms with Crippen LogP contribution in [0.4, 0.5) is 0 Å². The molecule has 0 bridgehead atoms. The molecule has 74 valence electrons. The Bertz CT molecular complexity index is 394. The molecule has 1 aromatic rings. The molecule has 1 rings (SSSR count). The van der Waals surface area contributed by atoms with Crippen LogP contribution in [0.15, 0.2) is 27.8 Å². The largest absolute Gasteiger partial charge is 0.351 e. The van der Waals surface area contributed by atoms with Gasteiger partial charge in [-0.05, 0) is 11.1 Å². The number of imidazole rings is 1. The van der Waals surface area contributed by atoms with Crippen molar-refractivity contribution in [1.29, 1.82) is 0 Å². The molecule has 1 N–H and O–H groups in total. The lowest BCUT2D eigenvalue weighted by molar-refractivity contribution is 0.599. The molecule has 0 saturated carbocycles. The normalized spacial score (nSPS) is 8.57. The van der Waals surface area contributed by atoms with Crippen molar-refractivity contribution in [3.63, 3.8) is 0 Å². The molecule has 10 nitrogen and oxygen atoms in total. The Morgan fingerprint density at radius 2 is 1.86 bits per heavy atom. The van der Waals surface area contributed by atoms with Gasteiger partial charge in [-0.2, -0.15) is 0 Å². The number of nitrogens with zero attached hydrogens (tertiary/aromatic N) is 7. The number of aromatic nitrogens is 2. The van der Waals surface area contributed by atoms with Gasteiger partial charge in [-0.3, -0.25) is 0 Å². The summed E-state index contributed by atoms with van der Waals surface area (Å²) in [6, 6.07) is 0. The fraction of sp³-hybridized carbons (Fsp3) is 0. The molecule has 0 unspecified atom stereocenters. The lowest BCUT2D eigenvalue weighted by Crippen LogP contribution is -1.82. The number of hydrogen-bond acceptors (Lipinski definition) is 3. The first kappa shape index (κ1) is 11.8. The third-order valence-corrected chi connectivity index (χ3v) is 1.24. The second kappa shape index (κ2) is 6.31. The van der Waals surface area contributed by atoms with E-state index in [4.69, 9.17) is 11.1 Å². The van der Waals surface area contributed by atoms with Crippen LogP contribution in [0.3, 0.4) is 0 Å². The smallest absolute Gasteiger partial charge is 0.321 e. The zero-order valence-corrected chi connectivity index (χ0v) is 7.40. The second-order valence-corrected chi connectivity index (χ2v) is 2.77. The summed E-state index contributed by atoms with van der Waals surface area (Å²) in [5.74, 6) is 0. The maximum Gasteiger partial charge on any atom is 0.321 e. The molecule has 0 fully saturated rings. The van der Waals surface area contributed by atoms with E-state index in [1.807, 2.05) is 9.82 Å². The fourth-order valence-corrected chi connectivity index (χ4v) is 0.541. The zero-order chi connectivity index (χ0) is 10.9. The van der Waals surface area contributed by atoms with Crippen LogP contribution in [0.2, 0.25) is 0 Å². The molecule has 0 aromatic carbocycles. The molecule has 0 spiro atoms. The Kier molecular flexibility index (Phi) is 5.31. The molecule has 1 heterocycles. The Hall–Kier alpha value is -2.22. The molecule has 1 aromatic heterocycles. The zero-order valence-electron chi connectivity index (χ0n) is 6.59. The molecule has 14 heavy (non-hydrogen) atoms. The van der Waals surface area contributed by atoms with Crippen LogP contribution in [0.5, 0.6) is 0 Å². The number of azide groups is 1. The number of nitrogens with one attached hydrogen (secondary N) is 1. The van der Waals surface area contributed by atoms with E-state index in [1.54, 1.807) is 18.7 Å². The van der Waals surface area contributed by atoms with E-state index in [-0.39, 0.29) is 0 Å².